The molecule has 0 bridgehead atoms. The summed E-state index contributed by atoms with van der Waals surface area (Å²) in [5.74, 6) is -0.545. The Morgan fingerprint density at radius 2 is 2.33 bits per heavy atom. The first-order valence-electron chi connectivity index (χ1n) is 5.11. The van der Waals surface area contributed by atoms with Crippen molar-refractivity contribution in [2.75, 3.05) is 0 Å². The van der Waals surface area contributed by atoms with Crippen molar-refractivity contribution in [2.45, 2.75) is 25.2 Å². The van der Waals surface area contributed by atoms with Crippen LogP contribution in [0.1, 0.15) is 41.1 Å². The van der Waals surface area contributed by atoms with Gasteiger partial charge in [-0.3, -0.25) is 4.98 Å². The average molecular weight is 203 g/mol. The van der Waals surface area contributed by atoms with Crippen molar-refractivity contribution >= 4 is 5.97 Å². The van der Waals surface area contributed by atoms with Crippen LogP contribution in [0.5, 0.6) is 0 Å². The standard InChI is InChI=1S/C12H13NO2/c14-12(15)11-8-13-7-6-10(11)9-4-2-1-3-5-9/h1-2,6-9H,3-5H2,(H,14,15). The topological polar surface area (TPSA) is 50.2 Å². The molecule has 0 aromatic carbocycles. The Hall–Kier alpha value is -1.64. The summed E-state index contributed by atoms with van der Waals surface area (Å²) in [5.41, 5.74) is 1.26. The highest BCUT2D eigenvalue weighted by molar-refractivity contribution is 5.89. The van der Waals surface area contributed by atoms with Gasteiger partial charge in [-0.15, -0.1) is 0 Å². The SMILES string of the molecule is O=C(O)c1cnccc1C1CC=CCC1. The van der Waals surface area contributed by atoms with Crippen LogP contribution < -0.4 is 0 Å². The number of carbonyl (C=O) groups is 1. The van der Waals surface area contributed by atoms with Crippen molar-refractivity contribution in [3.8, 4) is 0 Å². The second kappa shape index (κ2) is 4.26. The molecule has 3 heteroatoms. The van der Waals surface area contributed by atoms with Crippen molar-refractivity contribution in [1.29, 1.82) is 0 Å². The van der Waals surface area contributed by atoms with E-state index in [-0.39, 0.29) is 0 Å². The number of carboxylic acid groups (broad SMARTS) is 1. The molecule has 15 heavy (non-hydrogen) atoms. The zero-order valence-electron chi connectivity index (χ0n) is 8.39. The molecule has 3 nitrogen and oxygen atoms in total. The molecule has 0 fully saturated rings. The Kier molecular flexibility index (Phi) is 2.81. The number of rotatable bonds is 2. The van der Waals surface area contributed by atoms with Crippen LogP contribution in [0.4, 0.5) is 0 Å². The largest absolute Gasteiger partial charge is 0.478 e. The molecule has 1 aliphatic rings. The van der Waals surface area contributed by atoms with Gasteiger partial charge >= 0.3 is 5.97 Å². The van der Waals surface area contributed by atoms with Crippen molar-refractivity contribution in [2.24, 2.45) is 0 Å². The van der Waals surface area contributed by atoms with Crippen molar-refractivity contribution in [3.63, 3.8) is 0 Å². The van der Waals surface area contributed by atoms with Gasteiger partial charge in [-0.05, 0) is 36.8 Å². The van der Waals surface area contributed by atoms with Gasteiger partial charge in [-0.2, -0.15) is 0 Å². The summed E-state index contributed by atoms with van der Waals surface area (Å²) in [6, 6.07) is 1.83. The van der Waals surface area contributed by atoms with Gasteiger partial charge in [0.15, 0.2) is 0 Å². The Morgan fingerprint density at radius 3 is 3.00 bits per heavy atom. The summed E-state index contributed by atoms with van der Waals surface area (Å²) in [6.45, 7) is 0. The van der Waals surface area contributed by atoms with E-state index >= 15 is 0 Å². The molecule has 0 aliphatic heterocycles. The molecular weight excluding hydrogens is 190 g/mol. The van der Waals surface area contributed by atoms with Crippen LogP contribution in [-0.4, -0.2) is 16.1 Å². The highest BCUT2D eigenvalue weighted by Crippen LogP contribution is 2.30. The fraction of sp³-hybridized carbons (Fsp3) is 0.333. The smallest absolute Gasteiger partial charge is 0.337 e. The summed E-state index contributed by atoms with van der Waals surface area (Å²) < 4.78 is 0. The molecule has 0 saturated heterocycles. The minimum Gasteiger partial charge on any atom is -0.478 e. The maximum atomic E-state index is 11.0. The van der Waals surface area contributed by atoms with Crippen LogP contribution in [0.2, 0.25) is 0 Å². The number of nitrogens with zero attached hydrogens (tertiary/aromatic N) is 1. The third kappa shape index (κ3) is 2.06. The van der Waals surface area contributed by atoms with Gasteiger partial charge in [0.25, 0.3) is 0 Å². The van der Waals surface area contributed by atoms with Gasteiger partial charge in [-0.25, -0.2) is 4.79 Å². The van der Waals surface area contributed by atoms with E-state index in [1.165, 1.54) is 6.20 Å². The van der Waals surface area contributed by atoms with Crippen molar-refractivity contribution in [3.05, 3.63) is 41.7 Å². The summed E-state index contributed by atoms with van der Waals surface area (Å²) in [4.78, 5) is 14.9. The van der Waals surface area contributed by atoms with Crippen LogP contribution in [0, 0.1) is 0 Å². The fourth-order valence-electron chi connectivity index (χ4n) is 2.02. The molecule has 0 spiro atoms. The van der Waals surface area contributed by atoms with Gasteiger partial charge < -0.3 is 5.11 Å². The molecule has 1 aliphatic carbocycles. The fourth-order valence-corrected chi connectivity index (χ4v) is 2.02. The Bertz CT molecular complexity index is 398. The predicted molar refractivity (Wildman–Crippen MR) is 56.9 cm³/mol. The van der Waals surface area contributed by atoms with Gasteiger partial charge in [0.05, 0.1) is 5.56 Å². The highest BCUT2D eigenvalue weighted by Gasteiger charge is 2.18. The summed E-state index contributed by atoms with van der Waals surface area (Å²) in [6.07, 6.45) is 10.4. The lowest BCUT2D eigenvalue weighted by atomic mass is 9.86. The normalized spacial score (nSPS) is 20.1. The third-order valence-corrected chi connectivity index (χ3v) is 2.79. The lowest BCUT2D eigenvalue weighted by Crippen LogP contribution is -2.09. The third-order valence-electron chi connectivity index (χ3n) is 2.79. The van der Waals surface area contributed by atoms with Gasteiger partial charge in [0.1, 0.15) is 0 Å². The molecule has 1 atom stereocenters. The molecular formula is C12H13NO2. The molecule has 2 rings (SSSR count). The number of hydrogen-bond donors (Lipinski definition) is 1. The van der Waals surface area contributed by atoms with Gasteiger partial charge in [-0.1, -0.05) is 12.2 Å². The average Bonchev–Trinajstić information content (AvgIpc) is 2.30. The lowest BCUT2D eigenvalue weighted by molar-refractivity contribution is 0.0694. The minimum atomic E-state index is -0.882. The second-order valence-electron chi connectivity index (χ2n) is 3.75. The number of pyridine rings is 1. The molecule has 1 unspecified atom stereocenters. The molecule has 1 aromatic heterocycles. The van der Waals surface area contributed by atoms with Crippen LogP contribution in [0.25, 0.3) is 0 Å². The van der Waals surface area contributed by atoms with E-state index in [2.05, 4.69) is 17.1 Å². The maximum absolute atomic E-state index is 11.0. The summed E-state index contributed by atoms with van der Waals surface area (Å²) in [5, 5.41) is 9.04. The Labute approximate surface area is 88.5 Å². The number of aromatic carboxylic acids is 1. The summed E-state index contributed by atoms with van der Waals surface area (Å²) >= 11 is 0. The molecule has 0 saturated carbocycles. The number of hydrogen-bond acceptors (Lipinski definition) is 2. The first-order valence-corrected chi connectivity index (χ1v) is 5.11. The molecule has 0 amide bonds. The maximum Gasteiger partial charge on any atom is 0.337 e. The van der Waals surface area contributed by atoms with Crippen molar-refractivity contribution in [1.82, 2.24) is 4.98 Å². The molecule has 0 radical (unpaired) electrons. The van der Waals surface area contributed by atoms with E-state index in [4.69, 9.17) is 5.11 Å². The molecule has 1 N–H and O–H groups in total. The monoisotopic (exact) mass is 203 g/mol. The minimum absolute atomic E-state index is 0.337. The predicted octanol–water partition coefficient (Wildman–Crippen LogP) is 2.60. The van der Waals surface area contributed by atoms with Crippen LogP contribution >= 0.6 is 0 Å². The quantitative estimate of drug-likeness (QED) is 0.751. The Balaban J connectivity index is 2.34. The van der Waals surface area contributed by atoms with Gasteiger partial charge in [0, 0.05) is 12.4 Å². The van der Waals surface area contributed by atoms with E-state index in [9.17, 15) is 4.79 Å². The van der Waals surface area contributed by atoms with E-state index in [1.807, 2.05) is 6.07 Å². The first kappa shape index (κ1) is 9.90. The zero-order chi connectivity index (χ0) is 10.7. The molecule has 78 valence electrons. The number of allylic oxidation sites excluding steroid dienone is 2. The highest BCUT2D eigenvalue weighted by atomic mass is 16.4. The second-order valence-corrected chi connectivity index (χ2v) is 3.75. The van der Waals surface area contributed by atoms with Crippen molar-refractivity contribution < 1.29 is 9.90 Å². The number of carboxylic acids is 1. The lowest BCUT2D eigenvalue weighted by Gasteiger charge is -2.19. The van der Waals surface area contributed by atoms with Gasteiger partial charge in [0.2, 0.25) is 0 Å². The van der Waals surface area contributed by atoms with Crippen LogP contribution in [0.3, 0.4) is 0 Å². The Morgan fingerprint density at radius 1 is 1.47 bits per heavy atom. The van der Waals surface area contributed by atoms with Crippen LogP contribution in [0.15, 0.2) is 30.6 Å². The van der Waals surface area contributed by atoms with E-state index in [1.54, 1.807) is 6.20 Å². The van der Waals surface area contributed by atoms with E-state index < -0.39 is 5.97 Å². The zero-order valence-corrected chi connectivity index (χ0v) is 8.39. The number of aromatic nitrogens is 1. The van der Waals surface area contributed by atoms with Crippen LogP contribution in [-0.2, 0) is 0 Å². The molecule has 1 heterocycles. The first-order chi connectivity index (χ1) is 7.29. The van der Waals surface area contributed by atoms with E-state index in [0.29, 0.717) is 11.5 Å². The summed E-state index contributed by atoms with van der Waals surface area (Å²) in [7, 11) is 0. The molecule has 1 aromatic rings. The van der Waals surface area contributed by atoms with E-state index in [0.717, 1.165) is 24.8 Å².